The van der Waals surface area contributed by atoms with Crippen molar-refractivity contribution in [2.24, 2.45) is 0 Å². The number of ether oxygens (including phenoxy) is 2. The quantitative estimate of drug-likeness (QED) is 0.434. The minimum absolute atomic E-state index is 0.178. The summed E-state index contributed by atoms with van der Waals surface area (Å²) in [6, 6.07) is 14.4. The highest BCUT2D eigenvalue weighted by atomic mass is 19.1. The lowest BCUT2D eigenvalue weighted by Crippen LogP contribution is -2.21. The number of aromatic nitrogens is 2. The molecule has 2 aromatic carbocycles. The fourth-order valence-electron chi connectivity index (χ4n) is 3.32. The Morgan fingerprint density at radius 2 is 1.97 bits per heavy atom. The molecule has 0 aliphatic carbocycles. The number of hydrogen-bond donors (Lipinski definition) is 2. The van der Waals surface area contributed by atoms with E-state index in [1.165, 1.54) is 19.2 Å². The molecule has 30 heavy (non-hydrogen) atoms. The van der Waals surface area contributed by atoms with Gasteiger partial charge in [0.25, 0.3) is 0 Å². The smallest absolute Gasteiger partial charge is 0.212 e. The molecule has 2 aromatic heterocycles. The molecule has 0 saturated heterocycles. The molecule has 152 valence electrons. The molecule has 1 unspecified atom stereocenters. The summed E-state index contributed by atoms with van der Waals surface area (Å²) < 4.78 is 24.0. The van der Waals surface area contributed by atoms with Gasteiger partial charge in [-0.3, -0.25) is 4.79 Å². The highest BCUT2D eigenvalue weighted by Crippen LogP contribution is 2.29. The molecular formula is C23H20FN3O3. The van der Waals surface area contributed by atoms with Gasteiger partial charge in [-0.05, 0) is 36.4 Å². The second-order valence-electron chi connectivity index (χ2n) is 6.70. The Kier molecular flexibility index (Phi) is 5.34. The molecule has 0 aliphatic heterocycles. The molecule has 4 rings (SSSR count). The van der Waals surface area contributed by atoms with E-state index in [0.717, 1.165) is 5.69 Å². The zero-order chi connectivity index (χ0) is 21.1. The molecule has 0 radical (unpaired) electrons. The van der Waals surface area contributed by atoms with Gasteiger partial charge < -0.3 is 19.8 Å². The van der Waals surface area contributed by atoms with Crippen LogP contribution in [0.3, 0.4) is 0 Å². The highest BCUT2D eigenvalue weighted by Gasteiger charge is 2.25. The van der Waals surface area contributed by atoms with Gasteiger partial charge in [0.15, 0.2) is 5.78 Å². The number of ketones is 1. The Labute approximate surface area is 172 Å². The Bertz CT molecular complexity index is 1190. The summed E-state index contributed by atoms with van der Waals surface area (Å²) in [5.74, 6) is 0.576. The number of aromatic amines is 1. The first kappa shape index (κ1) is 19.4. The first-order valence-corrected chi connectivity index (χ1v) is 9.30. The Morgan fingerprint density at radius 1 is 1.10 bits per heavy atom. The van der Waals surface area contributed by atoms with Crippen molar-refractivity contribution >= 4 is 22.4 Å². The Balaban J connectivity index is 1.75. The van der Waals surface area contributed by atoms with Crippen LogP contribution in [0, 0.1) is 5.82 Å². The zero-order valence-corrected chi connectivity index (χ0v) is 16.5. The van der Waals surface area contributed by atoms with Crippen LogP contribution in [0.5, 0.6) is 11.6 Å². The topological polar surface area (TPSA) is 76.2 Å². The van der Waals surface area contributed by atoms with Crippen molar-refractivity contribution < 1.29 is 18.7 Å². The van der Waals surface area contributed by atoms with Gasteiger partial charge in [0, 0.05) is 52.2 Å². The lowest BCUT2D eigenvalue weighted by Gasteiger charge is -2.19. The summed E-state index contributed by atoms with van der Waals surface area (Å²) in [5, 5.41) is 3.93. The van der Waals surface area contributed by atoms with Crippen molar-refractivity contribution in [1.29, 1.82) is 0 Å². The number of Topliss-reactive ketones (excluding diaryl/α,β-unsaturated/α-hetero) is 1. The molecule has 6 nitrogen and oxygen atoms in total. The average molecular weight is 405 g/mol. The lowest BCUT2D eigenvalue weighted by molar-refractivity contribution is 0.0971. The number of H-pyrrole nitrogens is 1. The maximum atomic E-state index is 13.6. The first-order valence-electron chi connectivity index (χ1n) is 9.30. The van der Waals surface area contributed by atoms with Crippen molar-refractivity contribution in [2.75, 3.05) is 19.5 Å². The fourth-order valence-corrected chi connectivity index (χ4v) is 3.32. The van der Waals surface area contributed by atoms with E-state index in [1.54, 1.807) is 37.7 Å². The summed E-state index contributed by atoms with van der Waals surface area (Å²) >= 11 is 0. The van der Waals surface area contributed by atoms with E-state index in [1.807, 2.05) is 24.3 Å². The highest BCUT2D eigenvalue weighted by molar-refractivity contribution is 6.11. The minimum Gasteiger partial charge on any atom is -0.497 e. The Morgan fingerprint density at radius 3 is 2.70 bits per heavy atom. The van der Waals surface area contributed by atoms with E-state index in [2.05, 4.69) is 15.3 Å². The van der Waals surface area contributed by atoms with Crippen LogP contribution >= 0.6 is 0 Å². The van der Waals surface area contributed by atoms with E-state index in [-0.39, 0.29) is 11.6 Å². The number of pyridine rings is 1. The van der Waals surface area contributed by atoms with Gasteiger partial charge in [0.2, 0.25) is 5.88 Å². The number of halogens is 1. The molecule has 2 heterocycles. The number of carbonyl (C=O) groups is 1. The summed E-state index contributed by atoms with van der Waals surface area (Å²) in [4.78, 5) is 20.8. The van der Waals surface area contributed by atoms with Gasteiger partial charge in [-0.15, -0.1) is 0 Å². The third-order valence-corrected chi connectivity index (χ3v) is 4.85. The van der Waals surface area contributed by atoms with Gasteiger partial charge in [-0.1, -0.05) is 6.07 Å². The second kappa shape index (κ2) is 8.24. The van der Waals surface area contributed by atoms with Crippen LogP contribution in [0.4, 0.5) is 10.1 Å². The normalized spacial score (nSPS) is 11.8. The van der Waals surface area contributed by atoms with Gasteiger partial charge in [0.1, 0.15) is 17.6 Å². The van der Waals surface area contributed by atoms with E-state index < -0.39 is 6.04 Å². The van der Waals surface area contributed by atoms with Crippen molar-refractivity contribution in [1.82, 2.24) is 9.97 Å². The van der Waals surface area contributed by atoms with E-state index >= 15 is 0 Å². The van der Waals surface area contributed by atoms with Crippen molar-refractivity contribution in [3.8, 4) is 11.6 Å². The first-order chi connectivity index (χ1) is 14.6. The van der Waals surface area contributed by atoms with E-state index in [0.29, 0.717) is 33.7 Å². The molecule has 7 heteroatoms. The van der Waals surface area contributed by atoms with Crippen molar-refractivity contribution in [3.63, 3.8) is 0 Å². The Hall–Kier alpha value is -3.87. The summed E-state index contributed by atoms with van der Waals surface area (Å²) in [5.41, 5.74) is 2.40. The van der Waals surface area contributed by atoms with Crippen molar-refractivity contribution in [3.05, 3.63) is 83.9 Å². The van der Waals surface area contributed by atoms with Crippen LogP contribution in [0.2, 0.25) is 0 Å². The number of fused-ring (bicyclic) bond motifs is 1. The fraction of sp³-hybridized carbons (Fsp3) is 0.130. The number of anilines is 1. The number of hydrogen-bond acceptors (Lipinski definition) is 5. The number of benzene rings is 2. The SMILES string of the molecule is COc1cccc(NC(C(=O)c2c[nH]c3cc(F)ccc23)c2ccc(OC)nc2)c1. The van der Waals surface area contributed by atoms with Gasteiger partial charge in [0.05, 0.1) is 14.2 Å². The van der Waals surface area contributed by atoms with Crippen molar-refractivity contribution in [2.45, 2.75) is 6.04 Å². The van der Waals surface area contributed by atoms with Gasteiger partial charge in [-0.25, -0.2) is 9.37 Å². The molecule has 0 saturated carbocycles. The number of carbonyl (C=O) groups excluding carboxylic acids is 1. The van der Waals surface area contributed by atoms with Crippen LogP contribution < -0.4 is 14.8 Å². The van der Waals surface area contributed by atoms with Gasteiger partial charge >= 0.3 is 0 Å². The number of nitrogens with one attached hydrogen (secondary N) is 2. The predicted octanol–water partition coefficient (Wildman–Crippen LogP) is 4.76. The number of rotatable bonds is 7. The minimum atomic E-state index is -0.723. The van der Waals surface area contributed by atoms with E-state index in [4.69, 9.17) is 9.47 Å². The van der Waals surface area contributed by atoms with Crippen LogP contribution in [0.1, 0.15) is 22.0 Å². The summed E-state index contributed by atoms with van der Waals surface area (Å²) in [6.07, 6.45) is 3.20. The molecule has 2 N–H and O–H groups in total. The maximum Gasteiger partial charge on any atom is 0.212 e. The average Bonchev–Trinajstić information content (AvgIpc) is 3.20. The van der Waals surface area contributed by atoms with Crippen LogP contribution in [-0.4, -0.2) is 30.0 Å². The standard InChI is InChI=1S/C23H20FN3O3/c1-29-17-5-3-4-16(11-17)27-22(14-6-9-21(30-2)26-12-14)23(28)19-13-25-20-10-15(24)7-8-18(19)20/h3-13,22,25,27H,1-2H3. The lowest BCUT2D eigenvalue weighted by atomic mass is 9.97. The van der Waals surface area contributed by atoms with Crippen LogP contribution in [-0.2, 0) is 0 Å². The molecular weight excluding hydrogens is 385 g/mol. The molecule has 0 spiro atoms. The third kappa shape index (κ3) is 3.82. The number of methoxy groups -OCH3 is 2. The summed E-state index contributed by atoms with van der Waals surface area (Å²) in [7, 11) is 3.12. The second-order valence-corrected chi connectivity index (χ2v) is 6.70. The predicted molar refractivity (Wildman–Crippen MR) is 113 cm³/mol. The molecule has 1 atom stereocenters. The summed E-state index contributed by atoms with van der Waals surface area (Å²) in [6.45, 7) is 0. The zero-order valence-electron chi connectivity index (χ0n) is 16.5. The van der Waals surface area contributed by atoms with Crippen LogP contribution in [0.15, 0.2) is 67.0 Å². The molecule has 0 bridgehead atoms. The molecule has 0 fully saturated rings. The van der Waals surface area contributed by atoms with Gasteiger partial charge in [-0.2, -0.15) is 0 Å². The largest absolute Gasteiger partial charge is 0.497 e. The van der Waals surface area contributed by atoms with E-state index in [9.17, 15) is 9.18 Å². The monoisotopic (exact) mass is 405 g/mol. The number of nitrogens with zero attached hydrogens (tertiary/aromatic N) is 1. The van der Waals surface area contributed by atoms with Crippen LogP contribution in [0.25, 0.3) is 10.9 Å². The maximum absolute atomic E-state index is 13.6. The molecule has 0 amide bonds. The third-order valence-electron chi connectivity index (χ3n) is 4.85. The molecule has 4 aromatic rings. The molecule has 0 aliphatic rings.